The van der Waals surface area contributed by atoms with Crippen LogP contribution in [0.5, 0.6) is 11.5 Å². The lowest BCUT2D eigenvalue weighted by Crippen LogP contribution is -2.48. The van der Waals surface area contributed by atoms with Crippen molar-refractivity contribution in [1.82, 2.24) is 9.80 Å². The van der Waals surface area contributed by atoms with E-state index < -0.39 is 0 Å². The molecule has 2 aromatic carbocycles. The first-order valence-electron chi connectivity index (χ1n) is 12.1. The van der Waals surface area contributed by atoms with E-state index in [-0.39, 0.29) is 17.6 Å². The maximum absolute atomic E-state index is 13.2. The average Bonchev–Trinajstić information content (AvgIpc) is 2.89. The van der Waals surface area contributed by atoms with E-state index in [9.17, 15) is 9.59 Å². The molecule has 1 N–H and O–H groups in total. The topological polar surface area (TPSA) is 71.1 Å². The van der Waals surface area contributed by atoms with Crippen LogP contribution in [0.25, 0.3) is 6.08 Å². The second-order valence-electron chi connectivity index (χ2n) is 9.14. The number of hydrogen-bond donors (Lipinski definition) is 1. The van der Waals surface area contributed by atoms with Crippen molar-refractivity contribution in [2.45, 2.75) is 38.1 Å². The molecule has 0 aliphatic carbocycles. The van der Waals surface area contributed by atoms with Crippen LogP contribution in [0.15, 0.2) is 48.2 Å². The van der Waals surface area contributed by atoms with Crippen LogP contribution in [0.3, 0.4) is 0 Å². The van der Waals surface area contributed by atoms with E-state index in [2.05, 4.69) is 10.2 Å². The molecule has 2 fully saturated rings. The number of likely N-dealkylation sites (tertiary alicyclic amines) is 2. The van der Waals surface area contributed by atoms with Crippen molar-refractivity contribution in [3.63, 3.8) is 0 Å². The number of rotatable bonds is 4. The Morgan fingerprint density at radius 3 is 2.59 bits per heavy atom. The third-order valence-electron chi connectivity index (χ3n) is 7.00. The van der Waals surface area contributed by atoms with E-state index in [4.69, 9.17) is 9.47 Å². The van der Waals surface area contributed by atoms with Crippen LogP contribution in [-0.4, -0.2) is 60.9 Å². The van der Waals surface area contributed by atoms with Crippen molar-refractivity contribution in [1.29, 1.82) is 0 Å². The molecule has 34 heavy (non-hydrogen) atoms. The normalized spacial score (nSPS) is 20.4. The summed E-state index contributed by atoms with van der Waals surface area (Å²) < 4.78 is 11.2. The number of piperidine rings is 2. The van der Waals surface area contributed by atoms with Crippen LogP contribution < -0.4 is 14.8 Å². The Kier molecular flexibility index (Phi) is 6.54. The van der Waals surface area contributed by atoms with Crippen LogP contribution in [-0.2, 0) is 4.79 Å². The molecule has 3 aliphatic heterocycles. The zero-order valence-corrected chi connectivity index (χ0v) is 19.6. The summed E-state index contributed by atoms with van der Waals surface area (Å²) in [6, 6.07) is 13.3. The molecule has 5 rings (SSSR count). The Morgan fingerprint density at radius 1 is 1.06 bits per heavy atom. The van der Waals surface area contributed by atoms with E-state index >= 15 is 0 Å². The molecule has 0 atom stereocenters. The lowest BCUT2D eigenvalue weighted by Gasteiger charge is -2.40. The number of fused-ring (bicyclic) bond motifs is 1. The van der Waals surface area contributed by atoms with Gasteiger partial charge < -0.3 is 24.6 Å². The Balaban J connectivity index is 1.26. The van der Waals surface area contributed by atoms with Gasteiger partial charge in [0.15, 0.2) is 11.5 Å². The number of hydrogen-bond acceptors (Lipinski definition) is 5. The number of carbonyl (C=O) groups excluding carboxylic acids is 2. The predicted octanol–water partition coefficient (Wildman–Crippen LogP) is 4.16. The summed E-state index contributed by atoms with van der Waals surface area (Å²) in [7, 11) is 1.59. The van der Waals surface area contributed by atoms with E-state index in [1.54, 1.807) is 31.4 Å². The van der Waals surface area contributed by atoms with Crippen molar-refractivity contribution in [3.8, 4) is 11.5 Å². The number of ether oxygens (including phenoxy) is 2. The average molecular weight is 462 g/mol. The molecule has 3 aliphatic rings. The number of anilines is 1. The van der Waals surface area contributed by atoms with Gasteiger partial charge >= 0.3 is 0 Å². The van der Waals surface area contributed by atoms with Gasteiger partial charge in [0.2, 0.25) is 0 Å². The molecule has 178 valence electrons. The summed E-state index contributed by atoms with van der Waals surface area (Å²) >= 11 is 0. The minimum absolute atomic E-state index is 0.00417. The maximum atomic E-state index is 13.2. The van der Waals surface area contributed by atoms with Gasteiger partial charge in [-0.1, -0.05) is 24.6 Å². The van der Waals surface area contributed by atoms with Gasteiger partial charge in [0.25, 0.3) is 11.8 Å². The molecule has 0 radical (unpaired) electrons. The Labute approximate surface area is 200 Å². The van der Waals surface area contributed by atoms with Gasteiger partial charge in [0.05, 0.1) is 12.8 Å². The van der Waals surface area contributed by atoms with Crippen LogP contribution in [0, 0.1) is 0 Å². The highest BCUT2D eigenvalue weighted by atomic mass is 16.5. The number of para-hydroxylation sites is 1. The Morgan fingerprint density at radius 2 is 1.82 bits per heavy atom. The van der Waals surface area contributed by atoms with Crippen molar-refractivity contribution in [2.75, 3.05) is 38.6 Å². The number of amides is 2. The van der Waals surface area contributed by atoms with Gasteiger partial charge in [0.1, 0.15) is 5.75 Å². The smallest absolute Gasteiger partial charge is 0.291 e. The summed E-state index contributed by atoms with van der Waals surface area (Å²) in [5.74, 6) is 0.994. The van der Waals surface area contributed by atoms with Crippen LogP contribution in [0.2, 0.25) is 0 Å². The minimum Gasteiger partial charge on any atom is -0.496 e. The lowest BCUT2D eigenvalue weighted by atomic mass is 9.99. The summed E-state index contributed by atoms with van der Waals surface area (Å²) in [6.07, 6.45) is 7.61. The predicted molar refractivity (Wildman–Crippen MR) is 131 cm³/mol. The van der Waals surface area contributed by atoms with Gasteiger partial charge in [-0.15, -0.1) is 0 Å². The summed E-state index contributed by atoms with van der Waals surface area (Å²) in [6.45, 7) is 3.92. The molecular formula is C27H31N3O4. The van der Waals surface area contributed by atoms with Crippen molar-refractivity contribution in [3.05, 3.63) is 59.4 Å². The van der Waals surface area contributed by atoms with Crippen LogP contribution >= 0.6 is 0 Å². The standard InChI is InChI=1S/C27H31N3O4/c1-33-23-8-4-3-7-19(23)18-25-26(31)28-22-17-20(9-10-24(22)34-25)27(32)30-15-11-21(12-16-30)29-13-5-2-6-14-29/h3-4,7-10,17-18,21H,2,5-6,11-16H2,1H3,(H,28,31)/b25-18+. The molecular weight excluding hydrogens is 430 g/mol. The molecule has 2 saturated heterocycles. The number of nitrogens with one attached hydrogen (secondary N) is 1. The third kappa shape index (κ3) is 4.66. The zero-order chi connectivity index (χ0) is 23.5. The number of methoxy groups -OCH3 is 1. The monoisotopic (exact) mass is 461 g/mol. The molecule has 0 bridgehead atoms. The number of carbonyl (C=O) groups is 2. The van der Waals surface area contributed by atoms with Crippen molar-refractivity contribution in [2.24, 2.45) is 0 Å². The Hall–Kier alpha value is -3.32. The molecule has 0 spiro atoms. The fourth-order valence-corrected chi connectivity index (χ4v) is 5.12. The zero-order valence-electron chi connectivity index (χ0n) is 19.6. The van der Waals surface area contributed by atoms with Gasteiger partial charge in [-0.2, -0.15) is 0 Å². The fourth-order valence-electron chi connectivity index (χ4n) is 5.12. The molecule has 0 unspecified atom stereocenters. The molecule has 0 aromatic heterocycles. The molecule has 2 amide bonds. The van der Waals surface area contributed by atoms with Gasteiger partial charge in [-0.25, -0.2) is 0 Å². The molecule has 2 aromatic rings. The maximum Gasteiger partial charge on any atom is 0.291 e. The second-order valence-corrected chi connectivity index (χ2v) is 9.14. The molecule has 7 heteroatoms. The van der Waals surface area contributed by atoms with E-state index in [0.29, 0.717) is 28.8 Å². The minimum atomic E-state index is -0.356. The first-order valence-corrected chi connectivity index (χ1v) is 12.1. The number of benzene rings is 2. The summed E-state index contributed by atoms with van der Waals surface area (Å²) in [5, 5.41) is 2.87. The van der Waals surface area contributed by atoms with Gasteiger partial charge in [0, 0.05) is 30.3 Å². The van der Waals surface area contributed by atoms with E-state index in [1.165, 1.54) is 32.4 Å². The van der Waals surface area contributed by atoms with E-state index in [0.717, 1.165) is 31.5 Å². The largest absolute Gasteiger partial charge is 0.496 e. The molecule has 7 nitrogen and oxygen atoms in total. The van der Waals surface area contributed by atoms with Crippen molar-refractivity contribution >= 4 is 23.6 Å². The van der Waals surface area contributed by atoms with Gasteiger partial charge in [-0.3, -0.25) is 9.59 Å². The van der Waals surface area contributed by atoms with Crippen molar-refractivity contribution < 1.29 is 19.1 Å². The second kappa shape index (κ2) is 9.89. The highest BCUT2D eigenvalue weighted by Crippen LogP contribution is 2.34. The molecule has 3 heterocycles. The first kappa shape index (κ1) is 22.5. The third-order valence-corrected chi connectivity index (χ3v) is 7.00. The van der Waals surface area contributed by atoms with Crippen LogP contribution in [0.1, 0.15) is 48.0 Å². The quantitative estimate of drug-likeness (QED) is 0.693. The fraction of sp³-hybridized carbons (Fsp3) is 0.407. The van der Waals surface area contributed by atoms with E-state index in [1.807, 2.05) is 29.2 Å². The number of nitrogens with zero attached hydrogens (tertiary/aromatic N) is 2. The highest BCUT2D eigenvalue weighted by molar-refractivity contribution is 6.09. The highest BCUT2D eigenvalue weighted by Gasteiger charge is 2.29. The van der Waals surface area contributed by atoms with Gasteiger partial charge in [-0.05, 0) is 69.1 Å². The Bertz CT molecular complexity index is 1100. The first-order chi connectivity index (χ1) is 16.6. The lowest BCUT2D eigenvalue weighted by molar-refractivity contribution is -0.115. The summed E-state index contributed by atoms with van der Waals surface area (Å²) in [5.41, 5.74) is 1.82. The summed E-state index contributed by atoms with van der Waals surface area (Å²) in [4.78, 5) is 30.4. The molecule has 0 saturated carbocycles. The SMILES string of the molecule is COc1ccccc1/C=C1/Oc2ccc(C(=O)N3CCC(N4CCCCC4)CC3)cc2NC1=O. The van der Waals surface area contributed by atoms with Crippen LogP contribution in [0.4, 0.5) is 5.69 Å².